The van der Waals surface area contributed by atoms with Gasteiger partial charge >= 0.3 is 5.97 Å². The molecule has 3 rings (SSSR count). The van der Waals surface area contributed by atoms with E-state index >= 15 is 0 Å². The summed E-state index contributed by atoms with van der Waals surface area (Å²) in [5, 5.41) is 9.14. The Morgan fingerprint density at radius 3 is 2.10 bits per heavy atom. The van der Waals surface area contributed by atoms with Gasteiger partial charge in [-0.05, 0) is 23.7 Å². The van der Waals surface area contributed by atoms with Gasteiger partial charge in [0.25, 0.3) is 0 Å². The van der Waals surface area contributed by atoms with Crippen LogP contribution in [-0.2, 0) is 14.4 Å². The standard InChI is InChI=1S/C16H21NO4/c1-16(2,3)10(7-11(18)19)17-14(20)12-8-4-5-9(6-8)13(12)15(17)21/h4-5,8-10,12-13H,6-7H2,1-3H3,(H,18,19). The zero-order valence-corrected chi connectivity index (χ0v) is 12.6. The molecule has 2 aliphatic carbocycles. The molecule has 3 aliphatic rings. The van der Waals surface area contributed by atoms with E-state index in [2.05, 4.69) is 0 Å². The number of carboxylic acid groups (broad SMARTS) is 1. The first-order valence-corrected chi connectivity index (χ1v) is 7.49. The fourth-order valence-electron chi connectivity index (χ4n) is 4.18. The number of carbonyl (C=O) groups excluding carboxylic acids is 2. The lowest BCUT2D eigenvalue weighted by molar-refractivity contribution is -0.149. The second kappa shape index (κ2) is 4.42. The summed E-state index contributed by atoms with van der Waals surface area (Å²) in [4.78, 5) is 37.9. The average Bonchev–Trinajstić information content (AvgIpc) is 3.00. The molecule has 1 saturated heterocycles. The number of hydrogen-bond acceptors (Lipinski definition) is 3. The molecule has 0 spiro atoms. The molecule has 1 saturated carbocycles. The first-order chi connectivity index (χ1) is 9.71. The molecule has 0 aromatic rings. The van der Waals surface area contributed by atoms with Crippen molar-refractivity contribution in [1.82, 2.24) is 4.90 Å². The highest BCUT2D eigenvalue weighted by atomic mass is 16.4. The van der Waals surface area contributed by atoms with Crippen molar-refractivity contribution in [2.24, 2.45) is 29.1 Å². The van der Waals surface area contributed by atoms with E-state index in [1.165, 1.54) is 4.90 Å². The number of aliphatic carboxylic acids is 1. The van der Waals surface area contributed by atoms with Crippen LogP contribution in [0.15, 0.2) is 12.2 Å². The summed E-state index contributed by atoms with van der Waals surface area (Å²) in [6, 6.07) is -0.583. The number of amides is 2. The number of likely N-dealkylation sites (tertiary alicyclic amines) is 1. The molecule has 2 bridgehead atoms. The summed E-state index contributed by atoms with van der Waals surface area (Å²) >= 11 is 0. The van der Waals surface area contributed by atoms with E-state index in [4.69, 9.17) is 5.11 Å². The van der Waals surface area contributed by atoms with Gasteiger partial charge in [0.2, 0.25) is 11.8 Å². The molecule has 21 heavy (non-hydrogen) atoms. The van der Waals surface area contributed by atoms with Gasteiger partial charge < -0.3 is 5.11 Å². The molecule has 1 N–H and O–H groups in total. The zero-order chi connectivity index (χ0) is 15.5. The topological polar surface area (TPSA) is 74.7 Å². The van der Waals surface area contributed by atoms with Crippen molar-refractivity contribution in [2.75, 3.05) is 0 Å². The monoisotopic (exact) mass is 291 g/mol. The maximum Gasteiger partial charge on any atom is 0.305 e. The van der Waals surface area contributed by atoms with Crippen LogP contribution in [0, 0.1) is 29.1 Å². The van der Waals surface area contributed by atoms with Gasteiger partial charge in [-0.15, -0.1) is 0 Å². The molecule has 0 aromatic heterocycles. The third kappa shape index (κ3) is 2.01. The minimum atomic E-state index is -0.978. The van der Waals surface area contributed by atoms with Gasteiger partial charge in [-0.2, -0.15) is 0 Å². The molecule has 5 heteroatoms. The van der Waals surface area contributed by atoms with Crippen LogP contribution in [0.3, 0.4) is 0 Å². The van der Waals surface area contributed by atoms with Crippen LogP contribution in [0.1, 0.15) is 33.6 Å². The van der Waals surface area contributed by atoms with Crippen molar-refractivity contribution >= 4 is 17.8 Å². The Hall–Kier alpha value is -1.65. The van der Waals surface area contributed by atoms with Crippen LogP contribution in [0.5, 0.6) is 0 Å². The SMILES string of the molecule is CC(C)(C)C(CC(=O)O)N1C(=O)C2C3C=CC(C3)C2C1=O. The van der Waals surface area contributed by atoms with E-state index in [0.29, 0.717) is 0 Å². The number of rotatable bonds is 3. The molecule has 1 heterocycles. The number of fused-ring (bicyclic) bond motifs is 5. The average molecular weight is 291 g/mol. The van der Waals surface area contributed by atoms with Crippen LogP contribution >= 0.6 is 0 Å². The molecule has 0 radical (unpaired) electrons. The fraction of sp³-hybridized carbons (Fsp3) is 0.688. The maximum absolute atomic E-state index is 12.7. The minimum absolute atomic E-state index is 0.159. The summed E-state index contributed by atoms with van der Waals surface area (Å²) in [6.07, 6.45) is 4.79. The van der Waals surface area contributed by atoms with Gasteiger partial charge in [0.1, 0.15) is 0 Å². The summed E-state index contributed by atoms with van der Waals surface area (Å²) < 4.78 is 0. The normalized spacial score (nSPS) is 35.5. The van der Waals surface area contributed by atoms with Gasteiger partial charge in [0, 0.05) is 0 Å². The van der Waals surface area contributed by atoms with Crippen LogP contribution in [0.4, 0.5) is 0 Å². The Bertz CT molecular complexity index is 515. The summed E-state index contributed by atoms with van der Waals surface area (Å²) in [7, 11) is 0. The Balaban J connectivity index is 1.94. The maximum atomic E-state index is 12.7. The first-order valence-electron chi connectivity index (χ1n) is 7.49. The molecule has 0 aromatic carbocycles. The van der Waals surface area contributed by atoms with Crippen molar-refractivity contribution in [2.45, 2.75) is 39.7 Å². The van der Waals surface area contributed by atoms with Gasteiger partial charge in [0.15, 0.2) is 0 Å². The Morgan fingerprint density at radius 2 is 1.71 bits per heavy atom. The predicted octanol–water partition coefficient (Wildman–Crippen LogP) is 1.68. The molecule has 5 unspecified atom stereocenters. The van der Waals surface area contributed by atoms with Crippen molar-refractivity contribution in [3.8, 4) is 0 Å². The molecule has 114 valence electrons. The largest absolute Gasteiger partial charge is 0.481 e. The Morgan fingerprint density at radius 1 is 1.24 bits per heavy atom. The van der Waals surface area contributed by atoms with Crippen LogP contribution in [-0.4, -0.2) is 33.8 Å². The number of hydrogen-bond donors (Lipinski definition) is 1. The molecule has 2 amide bonds. The molecular weight excluding hydrogens is 270 g/mol. The molecule has 1 aliphatic heterocycles. The van der Waals surface area contributed by atoms with Crippen molar-refractivity contribution < 1.29 is 19.5 Å². The number of carbonyl (C=O) groups is 3. The zero-order valence-electron chi connectivity index (χ0n) is 12.6. The van der Waals surface area contributed by atoms with Crippen molar-refractivity contribution in [3.63, 3.8) is 0 Å². The molecule has 5 atom stereocenters. The van der Waals surface area contributed by atoms with Gasteiger partial charge in [-0.3, -0.25) is 19.3 Å². The smallest absolute Gasteiger partial charge is 0.305 e. The third-order valence-corrected chi connectivity index (χ3v) is 5.18. The lowest BCUT2D eigenvalue weighted by Crippen LogP contribution is -2.49. The number of allylic oxidation sites excluding steroid dienone is 2. The highest BCUT2D eigenvalue weighted by molar-refractivity contribution is 6.07. The van der Waals surface area contributed by atoms with E-state index in [0.717, 1.165) is 6.42 Å². The second-order valence-electron chi connectivity index (χ2n) is 7.53. The van der Waals surface area contributed by atoms with E-state index < -0.39 is 17.4 Å². The van der Waals surface area contributed by atoms with Crippen molar-refractivity contribution in [3.05, 3.63) is 12.2 Å². The molecule has 2 fully saturated rings. The molecular formula is C16H21NO4. The van der Waals surface area contributed by atoms with Crippen LogP contribution < -0.4 is 0 Å². The Labute approximate surface area is 124 Å². The van der Waals surface area contributed by atoms with E-state index in [1.54, 1.807) is 0 Å². The van der Waals surface area contributed by atoms with Crippen LogP contribution in [0.25, 0.3) is 0 Å². The second-order valence-corrected chi connectivity index (χ2v) is 7.53. The lowest BCUT2D eigenvalue weighted by Gasteiger charge is -2.36. The highest BCUT2D eigenvalue weighted by Crippen LogP contribution is 2.53. The number of carboxylic acids is 1. The van der Waals surface area contributed by atoms with Gasteiger partial charge in [-0.1, -0.05) is 32.9 Å². The van der Waals surface area contributed by atoms with Crippen LogP contribution in [0.2, 0.25) is 0 Å². The minimum Gasteiger partial charge on any atom is -0.481 e. The van der Waals surface area contributed by atoms with Crippen molar-refractivity contribution in [1.29, 1.82) is 0 Å². The predicted molar refractivity (Wildman–Crippen MR) is 75.1 cm³/mol. The third-order valence-electron chi connectivity index (χ3n) is 5.18. The molecule has 5 nitrogen and oxygen atoms in total. The number of imide groups is 1. The summed E-state index contributed by atoms with van der Waals surface area (Å²) in [6.45, 7) is 5.63. The highest BCUT2D eigenvalue weighted by Gasteiger charge is 2.61. The van der Waals surface area contributed by atoms with E-state index in [-0.39, 0.29) is 41.9 Å². The lowest BCUT2D eigenvalue weighted by atomic mass is 9.83. The van der Waals surface area contributed by atoms with E-state index in [1.807, 2.05) is 32.9 Å². The van der Waals surface area contributed by atoms with Gasteiger partial charge in [0.05, 0.1) is 24.3 Å². The fourth-order valence-corrected chi connectivity index (χ4v) is 4.18. The summed E-state index contributed by atoms with van der Waals surface area (Å²) in [5.41, 5.74) is -0.450. The Kier molecular flexibility index (Phi) is 3.01. The quantitative estimate of drug-likeness (QED) is 0.634. The van der Waals surface area contributed by atoms with Gasteiger partial charge in [-0.25, -0.2) is 0 Å². The number of nitrogens with zero attached hydrogens (tertiary/aromatic N) is 1. The first kappa shape index (κ1) is 14.3. The van der Waals surface area contributed by atoms with E-state index in [9.17, 15) is 14.4 Å². The summed E-state index contributed by atoms with van der Waals surface area (Å²) in [5.74, 6) is -1.50.